The summed E-state index contributed by atoms with van der Waals surface area (Å²) in [5, 5.41) is 12.9. The molecule has 3 aromatic heterocycles. The van der Waals surface area contributed by atoms with E-state index in [9.17, 15) is 9.18 Å². The second-order valence-electron chi connectivity index (χ2n) is 7.88. The Kier molecular flexibility index (Phi) is 5.54. The van der Waals surface area contributed by atoms with Gasteiger partial charge in [0.25, 0.3) is 0 Å². The number of hydrogen-bond acceptors (Lipinski definition) is 4. The minimum atomic E-state index is -0.285. The summed E-state index contributed by atoms with van der Waals surface area (Å²) in [4.78, 5) is 17.1. The highest BCUT2D eigenvalue weighted by molar-refractivity contribution is 5.95. The quantitative estimate of drug-likeness (QED) is 0.517. The number of aryl methyl sites for hydroxylation is 3. The van der Waals surface area contributed by atoms with Crippen molar-refractivity contribution < 1.29 is 9.18 Å². The lowest BCUT2D eigenvalue weighted by Crippen LogP contribution is -2.38. The third kappa shape index (κ3) is 4.33. The van der Waals surface area contributed by atoms with E-state index >= 15 is 0 Å². The van der Waals surface area contributed by atoms with Crippen LogP contribution < -0.4 is 5.32 Å². The number of benzene rings is 1. The number of amides is 1. The lowest BCUT2D eigenvalue weighted by atomic mass is 10.0. The Bertz CT molecular complexity index is 1240. The fourth-order valence-corrected chi connectivity index (χ4v) is 3.88. The summed E-state index contributed by atoms with van der Waals surface area (Å²) >= 11 is 0. The predicted octanol–water partition coefficient (Wildman–Crippen LogP) is 3.56. The largest absolute Gasteiger partial charge is 0.350 e. The number of carbonyl (C=O) groups is 1. The molecule has 0 saturated heterocycles. The van der Waals surface area contributed by atoms with Gasteiger partial charge in [-0.05, 0) is 63.1 Å². The summed E-state index contributed by atoms with van der Waals surface area (Å²) in [5.41, 5.74) is 5.19. The Morgan fingerprint density at radius 1 is 1.10 bits per heavy atom. The van der Waals surface area contributed by atoms with E-state index in [1.807, 2.05) is 44.5 Å². The lowest BCUT2D eigenvalue weighted by Gasteiger charge is -2.15. The van der Waals surface area contributed by atoms with Crippen LogP contribution in [0.3, 0.4) is 0 Å². The summed E-state index contributed by atoms with van der Waals surface area (Å²) in [5.74, 6) is -0.430. The standard InChI is InChI=1S/C23H25FN6O/c1-14-11-16(3)29(27-14)12-15(2)26-21(31)13-30-23-22(17(4)28-30)20(9-10-25-23)18-5-7-19(24)8-6-18/h5-11,15H,12-13H2,1-4H3,(H,26,31). The van der Waals surface area contributed by atoms with Gasteiger partial charge in [0.15, 0.2) is 5.65 Å². The van der Waals surface area contributed by atoms with Gasteiger partial charge in [-0.25, -0.2) is 14.1 Å². The third-order valence-electron chi connectivity index (χ3n) is 5.21. The highest BCUT2D eigenvalue weighted by atomic mass is 19.1. The van der Waals surface area contributed by atoms with E-state index in [0.717, 1.165) is 33.6 Å². The average Bonchev–Trinajstić information content (AvgIpc) is 3.20. The van der Waals surface area contributed by atoms with Crippen molar-refractivity contribution in [2.75, 3.05) is 0 Å². The van der Waals surface area contributed by atoms with E-state index in [1.165, 1.54) is 12.1 Å². The Morgan fingerprint density at radius 3 is 2.52 bits per heavy atom. The lowest BCUT2D eigenvalue weighted by molar-refractivity contribution is -0.122. The highest BCUT2D eigenvalue weighted by Crippen LogP contribution is 2.29. The van der Waals surface area contributed by atoms with E-state index in [-0.39, 0.29) is 24.3 Å². The molecule has 1 aromatic carbocycles. The molecule has 0 fully saturated rings. The van der Waals surface area contributed by atoms with E-state index in [2.05, 4.69) is 20.5 Å². The number of halogens is 1. The Balaban J connectivity index is 1.53. The molecule has 4 aromatic rings. The Morgan fingerprint density at radius 2 is 1.84 bits per heavy atom. The number of nitrogens with zero attached hydrogens (tertiary/aromatic N) is 5. The van der Waals surface area contributed by atoms with Gasteiger partial charge in [0, 0.05) is 23.3 Å². The van der Waals surface area contributed by atoms with Crippen LogP contribution in [0.25, 0.3) is 22.2 Å². The minimum Gasteiger partial charge on any atom is -0.350 e. The number of hydrogen-bond donors (Lipinski definition) is 1. The summed E-state index contributed by atoms with van der Waals surface area (Å²) in [6, 6.07) is 10.1. The van der Waals surface area contributed by atoms with Gasteiger partial charge >= 0.3 is 0 Å². The minimum absolute atomic E-state index is 0.0612. The predicted molar refractivity (Wildman–Crippen MR) is 117 cm³/mol. The molecular weight excluding hydrogens is 395 g/mol. The summed E-state index contributed by atoms with van der Waals surface area (Å²) in [7, 11) is 0. The molecule has 1 unspecified atom stereocenters. The molecule has 1 amide bonds. The molecule has 0 aliphatic rings. The van der Waals surface area contributed by atoms with E-state index in [1.54, 1.807) is 23.0 Å². The Hall–Kier alpha value is -3.55. The molecule has 0 aliphatic heterocycles. The van der Waals surface area contributed by atoms with Crippen LogP contribution >= 0.6 is 0 Å². The third-order valence-corrected chi connectivity index (χ3v) is 5.21. The van der Waals surface area contributed by atoms with Crippen molar-refractivity contribution in [3.63, 3.8) is 0 Å². The number of carbonyl (C=O) groups excluding carboxylic acids is 1. The smallest absolute Gasteiger partial charge is 0.242 e. The number of aromatic nitrogens is 5. The average molecular weight is 420 g/mol. The first-order valence-corrected chi connectivity index (χ1v) is 10.2. The molecule has 160 valence electrons. The van der Waals surface area contributed by atoms with Gasteiger partial charge in [0.05, 0.1) is 17.9 Å². The second kappa shape index (κ2) is 8.29. The van der Waals surface area contributed by atoms with Crippen LogP contribution in [0.4, 0.5) is 4.39 Å². The molecule has 31 heavy (non-hydrogen) atoms. The number of nitrogens with one attached hydrogen (secondary N) is 1. The normalized spacial score (nSPS) is 12.3. The van der Waals surface area contributed by atoms with Gasteiger partial charge in [-0.15, -0.1) is 0 Å². The van der Waals surface area contributed by atoms with Crippen molar-refractivity contribution in [3.05, 3.63) is 65.5 Å². The van der Waals surface area contributed by atoms with Crippen LogP contribution in [0.15, 0.2) is 42.6 Å². The molecule has 0 bridgehead atoms. The molecule has 0 aliphatic carbocycles. The maximum Gasteiger partial charge on any atom is 0.242 e. The zero-order valence-electron chi connectivity index (χ0n) is 18.1. The zero-order valence-corrected chi connectivity index (χ0v) is 18.1. The van der Waals surface area contributed by atoms with Gasteiger partial charge in [-0.1, -0.05) is 12.1 Å². The zero-order chi connectivity index (χ0) is 22.1. The van der Waals surface area contributed by atoms with E-state index in [4.69, 9.17) is 0 Å². The van der Waals surface area contributed by atoms with Crippen LogP contribution in [0.5, 0.6) is 0 Å². The first-order valence-electron chi connectivity index (χ1n) is 10.2. The first kappa shape index (κ1) is 20.7. The highest BCUT2D eigenvalue weighted by Gasteiger charge is 2.17. The summed E-state index contributed by atoms with van der Waals surface area (Å²) < 4.78 is 16.8. The molecule has 0 saturated carbocycles. The van der Waals surface area contributed by atoms with Crippen LogP contribution in [0.1, 0.15) is 24.0 Å². The monoisotopic (exact) mass is 420 g/mol. The number of rotatable bonds is 6. The van der Waals surface area contributed by atoms with Crippen molar-refractivity contribution in [2.24, 2.45) is 0 Å². The fraction of sp³-hybridized carbons (Fsp3) is 0.304. The van der Waals surface area contributed by atoms with Crippen molar-refractivity contribution in [1.82, 2.24) is 29.9 Å². The Labute approximate surface area is 179 Å². The SMILES string of the molecule is Cc1cc(C)n(CC(C)NC(=O)Cn2nc(C)c3c(-c4ccc(F)cc4)ccnc32)n1. The molecule has 0 radical (unpaired) electrons. The molecular formula is C23H25FN6O. The van der Waals surface area contributed by atoms with Crippen LogP contribution in [0, 0.1) is 26.6 Å². The van der Waals surface area contributed by atoms with Crippen molar-refractivity contribution in [2.45, 2.75) is 46.8 Å². The second-order valence-corrected chi connectivity index (χ2v) is 7.88. The van der Waals surface area contributed by atoms with Crippen molar-refractivity contribution in [1.29, 1.82) is 0 Å². The van der Waals surface area contributed by atoms with E-state index < -0.39 is 0 Å². The van der Waals surface area contributed by atoms with Crippen LogP contribution in [-0.4, -0.2) is 36.5 Å². The van der Waals surface area contributed by atoms with Gasteiger partial charge in [0.1, 0.15) is 12.4 Å². The van der Waals surface area contributed by atoms with Gasteiger partial charge < -0.3 is 5.32 Å². The van der Waals surface area contributed by atoms with Crippen LogP contribution in [0.2, 0.25) is 0 Å². The maximum absolute atomic E-state index is 13.3. The number of fused-ring (bicyclic) bond motifs is 1. The first-order chi connectivity index (χ1) is 14.8. The molecule has 1 N–H and O–H groups in total. The van der Waals surface area contributed by atoms with Gasteiger partial charge in [-0.2, -0.15) is 10.2 Å². The van der Waals surface area contributed by atoms with Gasteiger partial charge in [0.2, 0.25) is 5.91 Å². The molecule has 1 atom stereocenters. The van der Waals surface area contributed by atoms with Crippen molar-refractivity contribution >= 4 is 16.9 Å². The van der Waals surface area contributed by atoms with E-state index in [0.29, 0.717) is 12.2 Å². The molecule has 7 nitrogen and oxygen atoms in total. The molecule has 0 spiro atoms. The molecule has 8 heteroatoms. The van der Waals surface area contributed by atoms with Gasteiger partial charge in [-0.3, -0.25) is 9.48 Å². The van der Waals surface area contributed by atoms with Crippen molar-refractivity contribution in [3.8, 4) is 11.1 Å². The topological polar surface area (TPSA) is 77.6 Å². The number of pyridine rings is 1. The fourth-order valence-electron chi connectivity index (χ4n) is 3.88. The maximum atomic E-state index is 13.3. The molecule has 4 rings (SSSR count). The summed E-state index contributed by atoms with van der Waals surface area (Å²) in [6.45, 7) is 8.44. The molecule has 3 heterocycles. The van der Waals surface area contributed by atoms with Crippen LogP contribution in [-0.2, 0) is 17.9 Å². The summed E-state index contributed by atoms with van der Waals surface area (Å²) in [6.07, 6.45) is 1.68.